The van der Waals surface area contributed by atoms with Crippen molar-refractivity contribution < 1.29 is 8.42 Å². The zero-order valence-corrected chi connectivity index (χ0v) is 18.6. The van der Waals surface area contributed by atoms with Gasteiger partial charge < -0.3 is 4.57 Å². The van der Waals surface area contributed by atoms with Crippen molar-refractivity contribution in [3.63, 3.8) is 0 Å². The molecule has 5 rings (SSSR count). The van der Waals surface area contributed by atoms with Crippen LogP contribution in [0.3, 0.4) is 0 Å². The van der Waals surface area contributed by atoms with Gasteiger partial charge in [-0.3, -0.25) is 15.0 Å². The topological polar surface area (TPSA) is 107 Å². The van der Waals surface area contributed by atoms with Crippen LogP contribution in [0.4, 0.5) is 0 Å². The molecule has 0 spiro atoms. The van der Waals surface area contributed by atoms with Gasteiger partial charge in [0.2, 0.25) is 5.62 Å². The van der Waals surface area contributed by atoms with Crippen LogP contribution in [0.2, 0.25) is 0 Å². The standard InChI is InChI=1S/C23H20N6O2S/c1-14-20(11-25-13-27-14)29-22-18-10-16(15-5-4-6-17(9-15)32(3,30)31)7-8-19(18)26-12-21(22)28(2)23(29)24/h4-13,24H,1-3H3. The molecule has 32 heavy (non-hydrogen) atoms. The maximum atomic E-state index is 12.0. The molecular formula is C23H20N6O2S. The number of hydrogen-bond acceptors (Lipinski definition) is 6. The van der Waals surface area contributed by atoms with Crippen LogP contribution >= 0.6 is 0 Å². The first-order valence-corrected chi connectivity index (χ1v) is 11.8. The van der Waals surface area contributed by atoms with Gasteiger partial charge in [0.15, 0.2) is 9.84 Å². The summed E-state index contributed by atoms with van der Waals surface area (Å²) in [4.78, 5) is 13.3. The average molecular weight is 445 g/mol. The van der Waals surface area contributed by atoms with Crippen LogP contribution in [0.15, 0.2) is 66.1 Å². The summed E-state index contributed by atoms with van der Waals surface area (Å²) < 4.78 is 27.7. The molecule has 0 aliphatic carbocycles. The van der Waals surface area contributed by atoms with E-state index in [1.54, 1.807) is 35.2 Å². The Bertz CT molecular complexity index is 1700. The van der Waals surface area contributed by atoms with Gasteiger partial charge in [-0.15, -0.1) is 0 Å². The molecule has 8 nitrogen and oxygen atoms in total. The summed E-state index contributed by atoms with van der Waals surface area (Å²) in [6.07, 6.45) is 6.15. The van der Waals surface area contributed by atoms with E-state index < -0.39 is 9.84 Å². The van der Waals surface area contributed by atoms with Crippen LogP contribution in [0.5, 0.6) is 0 Å². The molecule has 160 valence electrons. The Labute approximate surface area is 184 Å². The average Bonchev–Trinajstić information content (AvgIpc) is 3.04. The second kappa shape index (κ2) is 7.10. The smallest absolute Gasteiger partial charge is 0.207 e. The second-order valence-electron chi connectivity index (χ2n) is 7.74. The SMILES string of the molecule is Cc1ncncc1-n1c(=N)n(C)c2cnc3ccc(-c4cccc(S(C)(=O)=O)c4)cc3c21. The highest BCUT2D eigenvalue weighted by atomic mass is 32.2. The Hall–Kier alpha value is -3.85. The van der Waals surface area contributed by atoms with Crippen LogP contribution in [0.1, 0.15) is 5.69 Å². The summed E-state index contributed by atoms with van der Waals surface area (Å²) in [5.41, 5.74) is 5.80. The lowest BCUT2D eigenvalue weighted by molar-refractivity contribution is 0.602. The van der Waals surface area contributed by atoms with E-state index in [2.05, 4.69) is 15.0 Å². The molecule has 0 unspecified atom stereocenters. The third-order valence-electron chi connectivity index (χ3n) is 5.66. The fourth-order valence-electron chi connectivity index (χ4n) is 3.94. The molecule has 1 N–H and O–H groups in total. The molecular weight excluding hydrogens is 424 g/mol. The normalized spacial score (nSPS) is 12.0. The molecule has 0 radical (unpaired) electrons. The molecule has 2 aromatic carbocycles. The lowest BCUT2D eigenvalue weighted by Gasteiger charge is -2.10. The van der Waals surface area contributed by atoms with Gasteiger partial charge in [-0.2, -0.15) is 0 Å². The van der Waals surface area contributed by atoms with Gasteiger partial charge in [-0.05, 0) is 42.3 Å². The molecule has 3 aromatic heterocycles. The minimum Gasteiger partial charge on any atom is -0.312 e. The minimum absolute atomic E-state index is 0.270. The highest BCUT2D eigenvalue weighted by Crippen LogP contribution is 2.30. The van der Waals surface area contributed by atoms with E-state index in [-0.39, 0.29) is 10.5 Å². The number of sulfone groups is 1. The van der Waals surface area contributed by atoms with Crippen molar-refractivity contribution in [3.8, 4) is 16.8 Å². The van der Waals surface area contributed by atoms with Gasteiger partial charge in [0.25, 0.3) is 0 Å². The van der Waals surface area contributed by atoms with Gasteiger partial charge in [0.1, 0.15) is 6.33 Å². The van der Waals surface area contributed by atoms with E-state index in [4.69, 9.17) is 5.41 Å². The molecule has 0 aliphatic heterocycles. The summed E-state index contributed by atoms with van der Waals surface area (Å²) in [5.74, 6) is 0. The van der Waals surface area contributed by atoms with Crippen LogP contribution in [-0.2, 0) is 16.9 Å². The summed E-state index contributed by atoms with van der Waals surface area (Å²) >= 11 is 0. The number of aryl methyl sites for hydroxylation is 2. The minimum atomic E-state index is -3.32. The molecule has 0 atom stereocenters. The zero-order chi connectivity index (χ0) is 22.6. The monoisotopic (exact) mass is 444 g/mol. The second-order valence-corrected chi connectivity index (χ2v) is 9.75. The number of pyridine rings is 1. The van der Waals surface area contributed by atoms with Crippen LogP contribution in [0.25, 0.3) is 38.8 Å². The van der Waals surface area contributed by atoms with Crippen molar-refractivity contribution in [1.29, 1.82) is 5.41 Å². The summed E-state index contributed by atoms with van der Waals surface area (Å²) in [6, 6.07) is 12.7. The Morgan fingerprint density at radius 3 is 2.53 bits per heavy atom. The van der Waals surface area contributed by atoms with E-state index >= 15 is 0 Å². The number of benzene rings is 2. The lowest BCUT2D eigenvalue weighted by Crippen LogP contribution is -2.22. The molecule has 0 bridgehead atoms. The van der Waals surface area contributed by atoms with Gasteiger partial charge in [0, 0.05) is 18.7 Å². The van der Waals surface area contributed by atoms with E-state index in [1.807, 2.05) is 42.8 Å². The molecule has 0 aliphatic rings. The number of rotatable bonds is 3. The Morgan fingerprint density at radius 1 is 1.00 bits per heavy atom. The van der Waals surface area contributed by atoms with Crippen molar-refractivity contribution in [2.75, 3.05) is 6.26 Å². The van der Waals surface area contributed by atoms with Crippen molar-refractivity contribution in [1.82, 2.24) is 24.1 Å². The largest absolute Gasteiger partial charge is 0.312 e. The zero-order valence-electron chi connectivity index (χ0n) is 17.7. The van der Waals surface area contributed by atoms with Crippen LogP contribution < -0.4 is 5.62 Å². The van der Waals surface area contributed by atoms with E-state index in [1.165, 1.54) is 12.6 Å². The highest BCUT2D eigenvalue weighted by molar-refractivity contribution is 7.90. The van der Waals surface area contributed by atoms with Crippen molar-refractivity contribution in [2.24, 2.45) is 7.05 Å². The molecule has 5 aromatic rings. The molecule has 9 heteroatoms. The molecule has 0 saturated heterocycles. The number of aromatic nitrogens is 5. The quantitative estimate of drug-likeness (QED) is 0.460. The Balaban J connectivity index is 1.86. The Kier molecular flexibility index (Phi) is 4.45. The predicted octanol–water partition coefficient (Wildman–Crippen LogP) is 3.17. The van der Waals surface area contributed by atoms with Gasteiger partial charge in [-0.1, -0.05) is 18.2 Å². The van der Waals surface area contributed by atoms with Crippen molar-refractivity contribution in [2.45, 2.75) is 11.8 Å². The highest BCUT2D eigenvalue weighted by Gasteiger charge is 2.17. The summed E-state index contributed by atoms with van der Waals surface area (Å²) in [6.45, 7) is 1.88. The number of fused-ring (bicyclic) bond motifs is 3. The first kappa shape index (κ1) is 20.1. The first-order chi connectivity index (χ1) is 15.3. The Morgan fingerprint density at radius 2 is 1.78 bits per heavy atom. The van der Waals surface area contributed by atoms with Crippen molar-refractivity contribution >= 4 is 31.8 Å². The fourth-order valence-corrected chi connectivity index (χ4v) is 4.61. The van der Waals surface area contributed by atoms with E-state index in [0.29, 0.717) is 0 Å². The molecule has 0 fully saturated rings. The maximum absolute atomic E-state index is 12.0. The van der Waals surface area contributed by atoms with Crippen LogP contribution in [-0.4, -0.2) is 38.8 Å². The molecule has 0 amide bonds. The van der Waals surface area contributed by atoms with E-state index in [9.17, 15) is 8.42 Å². The summed E-state index contributed by atoms with van der Waals surface area (Å²) in [5, 5.41) is 9.57. The van der Waals surface area contributed by atoms with Gasteiger partial charge in [0.05, 0.1) is 45.2 Å². The third kappa shape index (κ3) is 3.09. The fraction of sp³-hybridized carbons (Fsp3) is 0.130. The first-order valence-electron chi connectivity index (χ1n) is 9.88. The number of nitrogens with zero attached hydrogens (tertiary/aromatic N) is 5. The third-order valence-corrected chi connectivity index (χ3v) is 6.77. The lowest BCUT2D eigenvalue weighted by atomic mass is 10.0. The van der Waals surface area contributed by atoms with Gasteiger partial charge >= 0.3 is 0 Å². The van der Waals surface area contributed by atoms with E-state index in [0.717, 1.165) is 44.4 Å². The maximum Gasteiger partial charge on any atom is 0.207 e. The molecule has 0 saturated carbocycles. The van der Waals surface area contributed by atoms with Gasteiger partial charge in [-0.25, -0.2) is 18.4 Å². The summed E-state index contributed by atoms with van der Waals surface area (Å²) in [7, 11) is -1.49. The van der Waals surface area contributed by atoms with Crippen molar-refractivity contribution in [3.05, 3.63) is 72.5 Å². The number of nitrogens with one attached hydrogen (secondary N) is 1. The van der Waals surface area contributed by atoms with Crippen LogP contribution in [0, 0.1) is 12.3 Å². The molecule has 3 heterocycles. The predicted molar refractivity (Wildman–Crippen MR) is 122 cm³/mol. The number of hydrogen-bond donors (Lipinski definition) is 1. The number of imidazole rings is 1.